The third-order valence-electron chi connectivity index (χ3n) is 3.18. The molecule has 1 aromatic carbocycles. The maximum Gasteiger partial charge on any atom is 0.319 e. The topological polar surface area (TPSA) is 61.4 Å². The van der Waals surface area contributed by atoms with Crippen LogP contribution in [-0.4, -0.2) is 24.3 Å². The van der Waals surface area contributed by atoms with Crippen LogP contribution in [0.2, 0.25) is 0 Å². The van der Waals surface area contributed by atoms with Gasteiger partial charge in [-0.1, -0.05) is 25.8 Å². The summed E-state index contributed by atoms with van der Waals surface area (Å²) in [6.07, 6.45) is 7.00. The summed E-state index contributed by atoms with van der Waals surface area (Å²) in [7, 11) is 0. The van der Waals surface area contributed by atoms with Crippen molar-refractivity contribution in [1.29, 1.82) is 0 Å². The number of anilines is 1. The van der Waals surface area contributed by atoms with Crippen LogP contribution in [0.15, 0.2) is 24.3 Å². The molecule has 0 fully saturated rings. The highest BCUT2D eigenvalue weighted by molar-refractivity contribution is 5.89. The lowest BCUT2D eigenvalue weighted by atomic mass is 9.94. The summed E-state index contributed by atoms with van der Waals surface area (Å²) in [5.74, 6) is 3.36. The van der Waals surface area contributed by atoms with E-state index in [1.165, 1.54) is 0 Å². The van der Waals surface area contributed by atoms with Crippen LogP contribution in [0.5, 0.6) is 0 Å². The van der Waals surface area contributed by atoms with E-state index < -0.39 is 0 Å². The van der Waals surface area contributed by atoms with Gasteiger partial charge >= 0.3 is 6.03 Å². The molecule has 1 aromatic rings. The molecule has 1 rings (SSSR count). The lowest BCUT2D eigenvalue weighted by molar-refractivity contribution is 0.231. The monoisotopic (exact) mass is 288 g/mol. The molecule has 2 amide bonds. The van der Waals surface area contributed by atoms with Gasteiger partial charge in [-0.05, 0) is 42.9 Å². The molecule has 0 saturated heterocycles. The summed E-state index contributed by atoms with van der Waals surface area (Å²) in [5.41, 5.74) is 1.40. The minimum atomic E-state index is -0.254. The Labute approximate surface area is 127 Å². The summed E-state index contributed by atoms with van der Waals surface area (Å²) in [5, 5.41) is 14.7. The number of aliphatic hydroxyl groups excluding tert-OH is 1. The number of amides is 2. The Bertz CT molecular complexity index is 492. The Morgan fingerprint density at radius 1 is 1.43 bits per heavy atom. The van der Waals surface area contributed by atoms with Crippen molar-refractivity contribution in [1.82, 2.24) is 5.32 Å². The first kappa shape index (κ1) is 17.1. The van der Waals surface area contributed by atoms with Crippen molar-refractivity contribution in [3.8, 4) is 12.3 Å². The number of benzene rings is 1. The molecule has 114 valence electrons. The Hall–Kier alpha value is -1.99. The fraction of sp³-hybridized carbons (Fsp3) is 0.471. The second kappa shape index (κ2) is 9.04. The first-order chi connectivity index (χ1) is 10.0. The molecule has 1 atom stereocenters. The molecule has 21 heavy (non-hydrogen) atoms. The van der Waals surface area contributed by atoms with Gasteiger partial charge in [-0.2, -0.15) is 0 Å². The molecular weight excluding hydrogens is 264 g/mol. The van der Waals surface area contributed by atoms with Gasteiger partial charge in [-0.15, -0.1) is 6.42 Å². The minimum absolute atomic E-state index is 0.144. The van der Waals surface area contributed by atoms with Crippen LogP contribution in [-0.2, 0) is 0 Å². The zero-order valence-electron chi connectivity index (χ0n) is 12.7. The van der Waals surface area contributed by atoms with Crippen molar-refractivity contribution >= 4 is 11.7 Å². The maximum atomic E-state index is 11.9. The Morgan fingerprint density at radius 2 is 2.19 bits per heavy atom. The van der Waals surface area contributed by atoms with Gasteiger partial charge in [-0.25, -0.2) is 4.79 Å². The number of carbonyl (C=O) groups excluding carboxylic acids is 1. The molecule has 0 aliphatic heterocycles. The molecule has 1 unspecified atom stereocenters. The standard InChI is InChI=1S/C17H24N2O2/c1-4-14-6-5-7-16(11-14)19-17(21)18-12-15(8-9-20)10-13(2)3/h1,5-7,11,13,15,20H,8-10,12H2,2-3H3,(H2,18,19,21). The van der Waals surface area contributed by atoms with Crippen LogP contribution in [0.25, 0.3) is 0 Å². The Morgan fingerprint density at radius 3 is 2.81 bits per heavy atom. The molecular formula is C17H24N2O2. The molecule has 0 aliphatic carbocycles. The van der Waals surface area contributed by atoms with Crippen molar-refractivity contribution in [3.63, 3.8) is 0 Å². The van der Waals surface area contributed by atoms with Gasteiger partial charge in [0.1, 0.15) is 0 Å². The highest BCUT2D eigenvalue weighted by atomic mass is 16.3. The number of hydrogen-bond donors (Lipinski definition) is 3. The number of hydrogen-bond acceptors (Lipinski definition) is 2. The van der Waals surface area contributed by atoms with Gasteiger partial charge in [0.05, 0.1) is 0 Å². The quantitative estimate of drug-likeness (QED) is 0.676. The summed E-state index contributed by atoms with van der Waals surface area (Å²) in [6.45, 7) is 4.97. The van der Waals surface area contributed by atoms with Crippen molar-refractivity contribution in [2.45, 2.75) is 26.7 Å². The van der Waals surface area contributed by atoms with Crippen LogP contribution in [0, 0.1) is 24.2 Å². The first-order valence-electron chi connectivity index (χ1n) is 7.27. The second-order valence-corrected chi connectivity index (χ2v) is 5.57. The molecule has 0 spiro atoms. The number of aliphatic hydroxyl groups is 1. The highest BCUT2D eigenvalue weighted by Gasteiger charge is 2.12. The normalized spacial score (nSPS) is 11.8. The van der Waals surface area contributed by atoms with E-state index in [1.54, 1.807) is 18.2 Å². The largest absolute Gasteiger partial charge is 0.396 e. The van der Waals surface area contributed by atoms with Gasteiger partial charge in [0.15, 0.2) is 0 Å². The van der Waals surface area contributed by atoms with Crippen LogP contribution < -0.4 is 10.6 Å². The molecule has 0 aliphatic rings. The lowest BCUT2D eigenvalue weighted by Gasteiger charge is -2.18. The molecule has 0 bridgehead atoms. The first-order valence-corrected chi connectivity index (χ1v) is 7.27. The minimum Gasteiger partial charge on any atom is -0.396 e. The number of terminal acetylenes is 1. The van der Waals surface area contributed by atoms with E-state index >= 15 is 0 Å². The van der Waals surface area contributed by atoms with Gasteiger partial charge < -0.3 is 15.7 Å². The molecule has 0 radical (unpaired) electrons. The number of rotatable bonds is 7. The van der Waals surface area contributed by atoms with Crippen LogP contribution in [0.4, 0.5) is 10.5 Å². The van der Waals surface area contributed by atoms with Gasteiger partial charge in [0.25, 0.3) is 0 Å². The third kappa shape index (κ3) is 6.82. The zero-order valence-corrected chi connectivity index (χ0v) is 12.7. The summed E-state index contributed by atoms with van der Waals surface area (Å²) in [6, 6.07) is 6.90. The average molecular weight is 288 g/mol. The number of urea groups is 1. The van der Waals surface area contributed by atoms with E-state index in [1.807, 2.05) is 6.07 Å². The van der Waals surface area contributed by atoms with Crippen molar-refractivity contribution in [3.05, 3.63) is 29.8 Å². The molecule has 0 saturated carbocycles. The van der Waals surface area contributed by atoms with Crippen LogP contribution in [0.3, 0.4) is 0 Å². The average Bonchev–Trinajstić information content (AvgIpc) is 2.44. The van der Waals surface area contributed by atoms with Crippen LogP contribution in [0.1, 0.15) is 32.3 Å². The van der Waals surface area contributed by atoms with E-state index in [9.17, 15) is 4.79 Å². The molecule has 3 N–H and O–H groups in total. The van der Waals surface area contributed by atoms with Gasteiger partial charge in [0.2, 0.25) is 0 Å². The highest BCUT2D eigenvalue weighted by Crippen LogP contribution is 2.14. The van der Waals surface area contributed by atoms with E-state index in [4.69, 9.17) is 11.5 Å². The lowest BCUT2D eigenvalue weighted by Crippen LogP contribution is -2.33. The number of carbonyl (C=O) groups is 1. The predicted octanol–water partition coefficient (Wildman–Crippen LogP) is 2.83. The Balaban J connectivity index is 2.46. The Kier molecular flexibility index (Phi) is 7.34. The smallest absolute Gasteiger partial charge is 0.319 e. The third-order valence-corrected chi connectivity index (χ3v) is 3.18. The van der Waals surface area contributed by atoms with E-state index in [2.05, 4.69) is 30.4 Å². The van der Waals surface area contributed by atoms with E-state index in [-0.39, 0.29) is 18.6 Å². The van der Waals surface area contributed by atoms with Gasteiger partial charge in [-0.3, -0.25) is 0 Å². The van der Waals surface area contributed by atoms with Crippen LogP contribution >= 0.6 is 0 Å². The summed E-state index contributed by atoms with van der Waals surface area (Å²) in [4.78, 5) is 11.9. The zero-order chi connectivity index (χ0) is 15.7. The SMILES string of the molecule is C#Cc1cccc(NC(=O)NCC(CCO)CC(C)C)c1. The van der Waals surface area contributed by atoms with E-state index in [0.29, 0.717) is 24.6 Å². The molecule has 0 heterocycles. The molecule has 0 aromatic heterocycles. The summed E-state index contributed by atoms with van der Waals surface area (Å²) < 4.78 is 0. The summed E-state index contributed by atoms with van der Waals surface area (Å²) >= 11 is 0. The van der Waals surface area contributed by atoms with Crippen molar-refractivity contribution < 1.29 is 9.90 Å². The van der Waals surface area contributed by atoms with Gasteiger partial charge in [0, 0.05) is 24.4 Å². The maximum absolute atomic E-state index is 11.9. The molecule has 4 nitrogen and oxygen atoms in total. The van der Waals surface area contributed by atoms with E-state index in [0.717, 1.165) is 12.0 Å². The number of nitrogens with one attached hydrogen (secondary N) is 2. The fourth-order valence-electron chi connectivity index (χ4n) is 2.25. The predicted molar refractivity (Wildman–Crippen MR) is 86.0 cm³/mol. The van der Waals surface area contributed by atoms with Crippen molar-refractivity contribution in [2.24, 2.45) is 11.8 Å². The second-order valence-electron chi connectivity index (χ2n) is 5.57. The molecule has 4 heteroatoms. The van der Waals surface area contributed by atoms with Crippen molar-refractivity contribution in [2.75, 3.05) is 18.5 Å². The fourth-order valence-corrected chi connectivity index (χ4v) is 2.25.